The van der Waals surface area contributed by atoms with Crippen LogP contribution >= 0.6 is 0 Å². The van der Waals surface area contributed by atoms with Crippen molar-refractivity contribution in [2.75, 3.05) is 0 Å². The number of halogens is 3. The van der Waals surface area contributed by atoms with Crippen LogP contribution in [-0.2, 0) is 19.3 Å². The number of hydrogen-bond donors (Lipinski definition) is 0. The summed E-state index contributed by atoms with van der Waals surface area (Å²) in [6.45, 7) is 2.21. The number of rotatable bonds is 7. The van der Waals surface area contributed by atoms with Gasteiger partial charge in [-0.05, 0) is 71.7 Å². The van der Waals surface area contributed by atoms with Crippen LogP contribution in [0.4, 0.5) is 13.2 Å². The van der Waals surface area contributed by atoms with E-state index in [1.165, 1.54) is 37.3 Å². The SMILES string of the molecule is CCCCCCCc1ccc2c(F)c(C3CCc4c(cc(F)c(C#N)c4F)C3)ccc2c1. The van der Waals surface area contributed by atoms with Crippen LogP contribution in [0.2, 0.25) is 0 Å². The standard InChI is InChI=1S/C28H28F3N/c1-2-3-4-5-6-7-18-8-11-22-19(14-18)9-12-23(27(22)30)20-10-13-24-21(15-20)16-26(29)25(17-32)28(24)31/h8-9,11-12,14,16,20H,2-7,10,13,15H2,1H3. The zero-order valence-electron chi connectivity index (χ0n) is 18.5. The molecular formula is C28H28F3N. The molecule has 0 bridgehead atoms. The minimum absolute atomic E-state index is 0.142. The summed E-state index contributed by atoms with van der Waals surface area (Å²) in [4.78, 5) is 0. The Bertz CT molecular complexity index is 1180. The van der Waals surface area contributed by atoms with Gasteiger partial charge in [0.15, 0.2) is 0 Å². The first kappa shape index (κ1) is 22.4. The van der Waals surface area contributed by atoms with Gasteiger partial charge in [-0.15, -0.1) is 0 Å². The molecule has 0 heterocycles. The molecule has 0 aliphatic heterocycles. The van der Waals surface area contributed by atoms with Crippen LogP contribution in [0, 0.1) is 28.8 Å². The van der Waals surface area contributed by atoms with Gasteiger partial charge < -0.3 is 0 Å². The molecule has 0 amide bonds. The van der Waals surface area contributed by atoms with Crippen LogP contribution in [0.5, 0.6) is 0 Å². The Morgan fingerprint density at radius 2 is 1.78 bits per heavy atom. The summed E-state index contributed by atoms with van der Waals surface area (Å²) >= 11 is 0. The van der Waals surface area contributed by atoms with Gasteiger partial charge in [-0.1, -0.05) is 62.9 Å². The smallest absolute Gasteiger partial charge is 0.147 e. The molecule has 3 aromatic carbocycles. The van der Waals surface area contributed by atoms with E-state index in [0.717, 1.165) is 18.2 Å². The summed E-state index contributed by atoms with van der Waals surface area (Å²) in [6.07, 6.45) is 8.45. The predicted octanol–water partition coefficient (Wildman–Crippen LogP) is 7.91. The summed E-state index contributed by atoms with van der Waals surface area (Å²) in [6, 6.07) is 12.6. The fourth-order valence-corrected chi connectivity index (χ4v) is 4.98. The van der Waals surface area contributed by atoms with E-state index in [4.69, 9.17) is 5.26 Å². The molecule has 1 unspecified atom stereocenters. The molecule has 1 aliphatic carbocycles. The quantitative estimate of drug-likeness (QED) is 0.346. The molecule has 166 valence electrons. The van der Waals surface area contributed by atoms with Gasteiger partial charge in [0.05, 0.1) is 0 Å². The van der Waals surface area contributed by atoms with Gasteiger partial charge in [-0.25, -0.2) is 13.2 Å². The fourth-order valence-electron chi connectivity index (χ4n) is 4.98. The summed E-state index contributed by atoms with van der Waals surface area (Å²) in [7, 11) is 0. The second-order valence-electron chi connectivity index (χ2n) is 8.93. The van der Waals surface area contributed by atoms with Gasteiger partial charge in [-0.3, -0.25) is 0 Å². The van der Waals surface area contributed by atoms with E-state index in [0.29, 0.717) is 41.3 Å². The van der Waals surface area contributed by atoms with E-state index in [9.17, 15) is 8.78 Å². The molecule has 0 radical (unpaired) electrons. The molecule has 0 fully saturated rings. The van der Waals surface area contributed by atoms with E-state index in [1.807, 2.05) is 24.3 Å². The Labute approximate surface area is 187 Å². The van der Waals surface area contributed by atoms with Crippen LogP contribution in [-0.4, -0.2) is 0 Å². The average molecular weight is 436 g/mol. The number of nitrogens with zero attached hydrogens (tertiary/aromatic N) is 1. The predicted molar refractivity (Wildman–Crippen MR) is 122 cm³/mol. The summed E-state index contributed by atoms with van der Waals surface area (Å²) < 4.78 is 44.0. The van der Waals surface area contributed by atoms with Gasteiger partial charge >= 0.3 is 0 Å². The van der Waals surface area contributed by atoms with Crippen LogP contribution in [0.15, 0.2) is 36.4 Å². The van der Waals surface area contributed by atoms with Crippen molar-refractivity contribution in [3.8, 4) is 6.07 Å². The van der Waals surface area contributed by atoms with E-state index in [1.54, 1.807) is 6.07 Å². The highest BCUT2D eigenvalue weighted by atomic mass is 19.1. The zero-order chi connectivity index (χ0) is 22.7. The molecule has 0 spiro atoms. The molecule has 0 saturated carbocycles. The molecule has 0 N–H and O–H groups in total. The first-order valence-electron chi connectivity index (χ1n) is 11.6. The van der Waals surface area contributed by atoms with Crippen molar-refractivity contribution in [2.24, 2.45) is 0 Å². The van der Waals surface area contributed by atoms with Crippen molar-refractivity contribution in [3.63, 3.8) is 0 Å². The molecule has 0 aromatic heterocycles. The van der Waals surface area contributed by atoms with Crippen LogP contribution in [0.1, 0.15) is 79.2 Å². The maximum absolute atomic E-state index is 15.4. The minimum atomic E-state index is -0.842. The number of benzene rings is 3. The maximum atomic E-state index is 15.4. The third-order valence-corrected chi connectivity index (χ3v) is 6.79. The molecule has 0 saturated heterocycles. The van der Waals surface area contributed by atoms with E-state index in [-0.39, 0.29) is 11.7 Å². The Morgan fingerprint density at radius 3 is 2.56 bits per heavy atom. The Kier molecular flexibility index (Phi) is 6.84. The topological polar surface area (TPSA) is 23.8 Å². The highest BCUT2D eigenvalue weighted by molar-refractivity contribution is 5.84. The lowest BCUT2D eigenvalue weighted by Gasteiger charge is -2.26. The van der Waals surface area contributed by atoms with Gasteiger partial charge in [0.2, 0.25) is 0 Å². The second kappa shape index (κ2) is 9.77. The average Bonchev–Trinajstić information content (AvgIpc) is 2.79. The van der Waals surface area contributed by atoms with Crippen molar-refractivity contribution in [2.45, 2.75) is 70.6 Å². The molecule has 4 rings (SSSR count). The van der Waals surface area contributed by atoms with Crippen molar-refractivity contribution >= 4 is 10.8 Å². The zero-order valence-corrected chi connectivity index (χ0v) is 18.5. The maximum Gasteiger partial charge on any atom is 0.147 e. The van der Waals surface area contributed by atoms with Crippen molar-refractivity contribution < 1.29 is 13.2 Å². The largest absolute Gasteiger partial charge is 0.206 e. The lowest BCUT2D eigenvalue weighted by Crippen LogP contribution is -2.17. The van der Waals surface area contributed by atoms with E-state index < -0.39 is 17.2 Å². The van der Waals surface area contributed by atoms with E-state index >= 15 is 4.39 Å². The normalized spacial score (nSPS) is 15.5. The second-order valence-corrected chi connectivity index (χ2v) is 8.93. The van der Waals surface area contributed by atoms with Crippen molar-refractivity contribution in [1.82, 2.24) is 0 Å². The molecule has 32 heavy (non-hydrogen) atoms. The summed E-state index contributed by atoms with van der Waals surface area (Å²) in [5.74, 6) is -1.98. The number of nitriles is 1. The van der Waals surface area contributed by atoms with Crippen LogP contribution in [0.25, 0.3) is 10.8 Å². The van der Waals surface area contributed by atoms with Gasteiger partial charge in [0.25, 0.3) is 0 Å². The monoisotopic (exact) mass is 435 g/mol. The Balaban J connectivity index is 1.55. The summed E-state index contributed by atoms with van der Waals surface area (Å²) in [5, 5.41) is 10.5. The lowest BCUT2D eigenvalue weighted by molar-refractivity contribution is 0.505. The third kappa shape index (κ3) is 4.39. The third-order valence-electron chi connectivity index (χ3n) is 6.79. The number of fused-ring (bicyclic) bond motifs is 2. The lowest BCUT2D eigenvalue weighted by atomic mass is 9.78. The first-order valence-corrected chi connectivity index (χ1v) is 11.6. The van der Waals surface area contributed by atoms with Gasteiger partial charge in [0, 0.05) is 5.39 Å². The molecule has 1 atom stereocenters. The van der Waals surface area contributed by atoms with E-state index in [2.05, 4.69) is 13.0 Å². The van der Waals surface area contributed by atoms with Crippen LogP contribution < -0.4 is 0 Å². The minimum Gasteiger partial charge on any atom is -0.206 e. The Hall–Kier alpha value is -2.80. The molecule has 4 heteroatoms. The van der Waals surface area contributed by atoms with Crippen molar-refractivity contribution in [1.29, 1.82) is 5.26 Å². The van der Waals surface area contributed by atoms with Crippen LogP contribution in [0.3, 0.4) is 0 Å². The number of hydrogen-bond acceptors (Lipinski definition) is 1. The van der Waals surface area contributed by atoms with Gasteiger partial charge in [-0.2, -0.15) is 5.26 Å². The van der Waals surface area contributed by atoms with Crippen molar-refractivity contribution in [3.05, 3.63) is 81.7 Å². The Morgan fingerprint density at radius 1 is 0.969 bits per heavy atom. The highest BCUT2D eigenvalue weighted by Gasteiger charge is 2.28. The molecule has 1 nitrogen and oxygen atoms in total. The molecule has 1 aliphatic rings. The number of unbranched alkanes of at least 4 members (excludes halogenated alkanes) is 4. The molecule has 3 aromatic rings. The highest BCUT2D eigenvalue weighted by Crippen LogP contribution is 2.38. The summed E-state index contributed by atoms with van der Waals surface area (Å²) in [5.41, 5.74) is 2.23. The van der Waals surface area contributed by atoms with Gasteiger partial charge in [0.1, 0.15) is 29.1 Å². The molecular weight excluding hydrogens is 407 g/mol. The first-order chi connectivity index (χ1) is 15.5. The fraction of sp³-hybridized carbons (Fsp3) is 0.393. The number of aryl methyl sites for hydroxylation is 1.